The van der Waals surface area contributed by atoms with Gasteiger partial charge >= 0.3 is 0 Å². The summed E-state index contributed by atoms with van der Waals surface area (Å²) in [4.78, 5) is 2.42. The second-order valence-electron chi connectivity index (χ2n) is 14.9. The van der Waals surface area contributed by atoms with Gasteiger partial charge in [-0.25, -0.2) is 0 Å². The molecule has 10 rings (SSSR count). The average molecular weight is 716 g/mol. The Morgan fingerprint density at radius 3 is 1.38 bits per heavy atom. The van der Waals surface area contributed by atoms with Crippen LogP contribution in [0.25, 0.3) is 33.4 Å². The van der Waals surface area contributed by atoms with Gasteiger partial charge in [0.05, 0.1) is 5.41 Å². The number of nitrogens with zero attached hydrogens (tertiary/aromatic N) is 1. The molecule has 8 aromatic carbocycles. The van der Waals surface area contributed by atoms with E-state index in [0.717, 1.165) is 17.1 Å². The van der Waals surface area contributed by atoms with Crippen LogP contribution in [0.15, 0.2) is 237 Å². The van der Waals surface area contributed by atoms with Crippen molar-refractivity contribution >= 4 is 17.1 Å². The van der Waals surface area contributed by atoms with Gasteiger partial charge in [0.1, 0.15) is 0 Å². The van der Waals surface area contributed by atoms with Crippen LogP contribution in [0.4, 0.5) is 17.1 Å². The molecule has 0 spiro atoms. The Hall–Kier alpha value is -6.96. The first kappa shape index (κ1) is 33.6. The van der Waals surface area contributed by atoms with E-state index in [1.807, 2.05) is 0 Å². The Bertz CT molecular complexity index is 2600. The van der Waals surface area contributed by atoms with Gasteiger partial charge in [-0.2, -0.15) is 0 Å². The molecule has 2 aliphatic rings. The summed E-state index contributed by atoms with van der Waals surface area (Å²) < 4.78 is 0. The number of benzene rings is 8. The Morgan fingerprint density at radius 1 is 0.339 bits per heavy atom. The fourth-order valence-corrected chi connectivity index (χ4v) is 9.30. The van der Waals surface area contributed by atoms with Crippen molar-refractivity contribution < 1.29 is 0 Å². The zero-order chi connectivity index (χ0) is 37.3. The predicted octanol–water partition coefficient (Wildman–Crippen LogP) is 14.3. The Kier molecular flexibility index (Phi) is 8.61. The second kappa shape index (κ2) is 14.4. The first-order chi connectivity index (χ1) is 27.8. The normalized spacial score (nSPS) is 17.9. The van der Waals surface area contributed by atoms with Crippen LogP contribution >= 0.6 is 0 Å². The maximum Gasteiger partial charge on any atom is 0.0525 e. The monoisotopic (exact) mass is 715 g/mol. The molecule has 0 saturated heterocycles. The van der Waals surface area contributed by atoms with E-state index in [0.29, 0.717) is 5.92 Å². The zero-order valence-electron chi connectivity index (χ0n) is 31.1. The quantitative estimate of drug-likeness (QED) is 0.151. The Balaban J connectivity index is 1.16. The SMILES string of the molecule is C1=CC2c3ccccc3C(c3ccccc3)(c3ccc(N(c4ccc(-c5ccccc5)cc4)c4cc(-c5ccccc5)cc(-c5ccccc5)c4)cc3)C2C=C1. The van der Waals surface area contributed by atoms with Gasteiger partial charge < -0.3 is 4.90 Å². The molecule has 3 atom stereocenters. The molecule has 0 saturated carbocycles. The van der Waals surface area contributed by atoms with Gasteiger partial charge in [-0.05, 0) is 98.1 Å². The van der Waals surface area contributed by atoms with Gasteiger partial charge in [-0.1, -0.05) is 194 Å². The van der Waals surface area contributed by atoms with E-state index >= 15 is 0 Å². The Labute approximate surface area is 330 Å². The van der Waals surface area contributed by atoms with E-state index in [4.69, 9.17) is 0 Å². The maximum atomic E-state index is 2.44. The van der Waals surface area contributed by atoms with Gasteiger partial charge in [0.15, 0.2) is 0 Å². The molecular formula is C55H41N. The minimum Gasteiger partial charge on any atom is -0.310 e. The van der Waals surface area contributed by atoms with E-state index in [1.54, 1.807) is 0 Å². The van der Waals surface area contributed by atoms with Gasteiger partial charge in [0.25, 0.3) is 0 Å². The highest BCUT2D eigenvalue weighted by Gasteiger charge is 2.52. The molecule has 0 N–H and O–H groups in total. The van der Waals surface area contributed by atoms with Gasteiger partial charge in [0.2, 0.25) is 0 Å². The topological polar surface area (TPSA) is 3.24 Å². The lowest BCUT2D eigenvalue weighted by Crippen LogP contribution is -2.35. The van der Waals surface area contributed by atoms with E-state index in [-0.39, 0.29) is 11.3 Å². The lowest BCUT2D eigenvalue weighted by molar-refractivity contribution is 0.457. The fraction of sp³-hybridized carbons (Fsp3) is 0.0545. The molecular weight excluding hydrogens is 675 g/mol. The van der Waals surface area contributed by atoms with Gasteiger partial charge in [-0.3, -0.25) is 0 Å². The van der Waals surface area contributed by atoms with Crippen molar-refractivity contribution in [2.24, 2.45) is 5.92 Å². The van der Waals surface area contributed by atoms with Crippen molar-refractivity contribution in [2.75, 3.05) is 4.90 Å². The molecule has 0 fully saturated rings. The molecule has 0 amide bonds. The third-order valence-electron chi connectivity index (χ3n) is 11.8. The maximum absolute atomic E-state index is 2.44. The molecule has 1 nitrogen and oxygen atoms in total. The molecule has 0 aromatic heterocycles. The van der Waals surface area contributed by atoms with Crippen LogP contribution in [0.5, 0.6) is 0 Å². The standard InChI is InChI=1S/C55H41N/c1-5-17-40(18-6-1)43-29-33-48(34-30-43)56(50-38-44(41-19-7-2-8-20-41)37-45(39-50)42-21-9-3-10-22-42)49-35-31-47(32-36-49)55(46-23-11-4-12-24-46)53-27-15-13-25-51(53)52-26-14-16-28-54(52)55/h1-39,51,53H. The van der Waals surface area contributed by atoms with Crippen molar-refractivity contribution in [1.29, 1.82) is 0 Å². The van der Waals surface area contributed by atoms with Crippen molar-refractivity contribution in [3.8, 4) is 33.4 Å². The van der Waals surface area contributed by atoms with Crippen LogP contribution in [-0.4, -0.2) is 0 Å². The molecule has 0 bridgehead atoms. The van der Waals surface area contributed by atoms with Crippen LogP contribution in [0.1, 0.15) is 28.2 Å². The summed E-state index contributed by atoms with van der Waals surface area (Å²) >= 11 is 0. The third kappa shape index (κ3) is 5.81. The van der Waals surface area contributed by atoms with Gasteiger partial charge in [0, 0.05) is 28.9 Å². The lowest BCUT2D eigenvalue weighted by Gasteiger charge is -2.39. The number of fused-ring (bicyclic) bond motifs is 3. The molecule has 3 unspecified atom stereocenters. The highest BCUT2D eigenvalue weighted by molar-refractivity contribution is 5.85. The van der Waals surface area contributed by atoms with E-state index in [2.05, 4.69) is 242 Å². The summed E-state index contributed by atoms with van der Waals surface area (Å²) in [7, 11) is 0. The summed E-state index contributed by atoms with van der Waals surface area (Å²) in [6.45, 7) is 0. The molecule has 8 aromatic rings. The smallest absolute Gasteiger partial charge is 0.0525 e. The van der Waals surface area contributed by atoms with Crippen LogP contribution in [0, 0.1) is 5.92 Å². The molecule has 0 heterocycles. The van der Waals surface area contributed by atoms with Crippen LogP contribution in [-0.2, 0) is 5.41 Å². The molecule has 2 aliphatic carbocycles. The number of hydrogen-bond donors (Lipinski definition) is 0. The highest BCUT2D eigenvalue weighted by Crippen LogP contribution is 2.59. The summed E-state index contributed by atoms with van der Waals surface area (Å²) in [5.74, 6) is 0.573. The molecule has 0 radical (unpaired) electrons. The number of hydrogen-bond acceptors (Lipinski definition) is 1. The molecule has 1 heteroatoms. The minimum atomic E-state index is -0.335. The summed E-state index contributed by atoms with van der Waals surface area (Å²) in [6, 6.07) is 77.7. The van der Waals surface area contributed by atoms with E-state index < -0.39 is 0 Å². The lowest BCUT2D eigenvalue weighted by atomic mass is 9.63. The molecule has 266 valence electrons. The van der Waals surface area contributed by atoms with Crippen molar-refractivity contribution in [1.82, 2.24) is 0 Å². The number of anilines is 3. The first-order valence-corrected chi connectivity index (χ1v) is 19.6. The Morgan fingerprint density at radius 2 is 0.786 bits per heavy atom. The third-order valence-corrected chi connectivity index (χ3v) is 11.8. The van der Waals surface area contributed by atoms with E-state index in [9.17, 15) is 0 Å². The highest BCUT2D eigenvalue weighted by atomic mass is 15.1. The minimum absolute atomic E-state index is 0.260. The number of rotatable bonds is 8. The largest absolute Gasteiger partial charge is 0.310 e. The van der Waals surface area contributed by atoms with Crippen LogP contribution in [0.2, 0.25) is 0 Å². The van der Waals surface area contributed by atoms with Crippen molar-refractivity contribution in [3.63, 3.8) is 0 Å². The summed E-state index contributed by atoms with van der Waals surface area (Å²) in [5.41, 5.74) is 15.6. The average Bonchev–Trinajstić information content (AvgIpc) is 3.59. The molecule has 0 aliphatic heterocycles. The fourth-order valence-electron chi connectivity index (χ4n) is 9.30. The predicted molar refractivity (Wildman–Crippen MR) is 235 cm³/mol. The number of allylic oxidation sites excluding steroid dienone is 4. The van der Waals surface area contributed by atoms with Crippen LogP contribution in [0.3, 0.4) is 0 Å². The van der Waals surface area contributed by atoms with Crippen LogP contribution < -0.4 is 4.90 Å². The zero-order valence-corrected chi connectivity index (χ0v) is 31.1. The second-order valence-corrected chi connectivity index (χ2v) is 14.9. The van der Waals surface area contributed by atoms with Crippen molar-refractivity contribution in [2.45, 2.75) is 11.3 Å². The van der Waals surface area contributed by atoms with Crippen molar-refractivity contribution in [3.05, 3.63) is 259 Å². The summed E-state index contributed by atoms with van der Waals surface area (Å²) in [6.07, 6.45) is 9.29. The molecule has 56 heavy (non-hydrogen) atoms. The van der Waals surface area contributed by atoms with Gasteiger partial charge in [-0.15, -0.1) is 0 Å². The summed E-state index contributed by atoms with van der Waals surface area (Å²) in [5, 5.41) is 0. The first-order valence-electron chi connectivity index (χ1n) is 19.6. The van der Waals surface area contributed by atoms with E-state index in [1.165, 1.54) is 55.6 Å².